The molecule has 0 aliphatic heterocycles. The molecule has 3 nitrogen and oxygen atoms in total. The average Bonchev–Trinajstić information content (AvgIpc) is 2.34. The van der Waals surface area contributed by atoms with Crippen LogP contribution in [0.4, 0.5) is 0 Å². The zero-order valence-electron chi connectivity index (χ0n) is 9.47. The molecule has 2 aromatic rings. The number of carboxylic acids is 1. The Balaban J connectivity index is 2.29. The largest absolute Gasteiger partial charge is 0.481 e. The van der Waals surface area contributed by atoms with Crippen LogP contribution >= 0.6 is 11.6 Å². The van der Waals surface area contributed by atoms with Crippen molar-refractivity contribution in [3.8, 4) is 11.5 Å². The van der Waals surface area contributed by atoms with E-state index in [0.29, 0.717) is 22.1 Å². The molecular weight excluding hydrogens is 252 g/mol. The van der Waals surface area contributed by atoms with E-state index in [4.69, 9.17) is 21.4 Å². The minimum absolute atomic E-state index is 0.0827. The van der Waals surface area contributed by atoms with Gasteiger partial charge in [0.1, 0.15) is 11.5 Å². The van der Waals surface area contributed by atoms with Gasteiger partial charge >= 0.3 is 5.97 Å². The van der Waals surface area contributed by atoms with Gasteiger partial charge in [-0.3, -0.25) is 4.79 Å². The molecule has 0 atom stereocenters. The number of benzene rings is 2. The van der Waals surface area contributed by atoms with Crippen molar-refractivity contribution in [2.75, 3.05) is 0 Å². The first-order valence-corrected chi connectivity index (χ1v) is 5.76. The highest BCUT2D eigenvalue weighted by atomic mass is 35.5. The van der Waals surface area contributed by atoms with Gasteiger partial charge in [-0.25, -0.2) is 0 Å². The smallest absolute Gasteiger partial charge is 0.307 e. The highest BCUT2D eigenvalue weighted by molar-refractivity contribution is 6.32. The highest BCUT2D eigenvalue weighted by Crippen LogP contribution is 2.30. The van der Waals surface area contributed by atoms with Crippen LogP contribution < -0.4 is 4.74 Å². The maximum atomic E-state index is 10.8. The van der Waals surface area contributed by atoms with Gasteiger partial charge in [-0.1, -0.05) is 41.9 Å². The number of carboxylic acid groups (broad SMARTS) is 1. The van der Waals surface area contributed by atoms with Gasteiger partial charge in [0.15, 0.2) is 0 Å². The summed E-state index contributed by atoms with van der Waals surface area (Å²) < 4.78 is 5.65. The number of rotatable bonds is 4. The van der Waals surface area contributed by atoms with Gasteiger partial charge in [-0.05, 0) is 18.2 Å². The van der Waals surface area contributed by atoms with E-state index in [-0.39, 0.29) is 6.42 Å². The Hall–Kier alpha value is -2.00. The van der Waals surface area contributed by atoms with Gasteiger partial charge in [0.25, 0.3) is 0 Å². The van der Waals surface area contributed by atoms with Crippen LogP contribution in [0.5, 0.6) is 11.5 Å². The van der Waals surface area contributed by atoms with Crippen LogP contribution in [0.2, 0.25) is 5.02 Å². The van der Waals surface area contributed by atoms with Crippen molar-refractivity contribution < 1.29 is 14.6 Å². The van der Waals surface area contributed by atoms with Gasteiger partial charge in [-0.2, -0.15) is 0 Å². The zero-order valence-corrected chi connectivity index (χ0v) is 10.2. The lowest BCUT2D eigenvalue weighted by Crippen LogP contribution is -2.01. The summed E-state index contributed by atoms with van der Waals surface area (Å²) in [5.41, 5.74) is 0.616. The van der Waals surface area contributed by atoms with Crippen LogP contribution in [0.3, 0.4) is 0 Å². The van der Waals surface area contributed by atoms with Crippen molar-refractivity contribution in [2.24, 2.45) is 0 Å². The molecule has 2 rings (SSSR count). The maximum absolute atomic E-state index is 10.8. The van der Waals surface area contributed by atoms with E-state index >= 15 is 0 Å². The lowest BCUT2D eigenvalue weighted by atomic mass is 10.1. The maximum Gasteiger partial charge on any atom is 0.307 e. The molecule has 0 aliphatic rings. The molecule has 0 amide bonds. The van der Waals surface area contributed by atoms with E-state index in [2.05, 4.69) is 0 Å². The Labute approximate surface area is 110 Å². The number of hydrogen-bond acceptors (Lipinski definition) is 2. The molecular formula is C14H11ClO3. The van der Waals surface area contributed by atoms with Crippen molar-refractivity contribution >= 4 is 17.6 Å². The van der Waals surface area contributed by atoms with E-state index in [1.54, 1.807) is 48.5 Å². The van der Waals surface area contributed by atoms with Crippen molar-refractivity contribution in [1.29, 1.82) is 0 Å². The van der Waals surface area contributed by atoms with E-state index in [1.807, 2.05) is 0 Å². The monoisotopic (exact) mass is 262 g/mol. The molecule has 0 unspecified atom stereocenters. The Morgan fingerprint density at radius 3 is 2.33 bits per heavy atom. The first kappa shape index (κ1) is 12.5. The second-order valence-electron chi connectivity index (χ2n) is 3.71. The molecule has 0 aromatic heterocycles. The normalized spacial score (nSPS) is 10.1. The summed E-state index contributed by atoms with van der Waals surface area (Å²) in [4.78, 5) is 10.8. The number of para-hydroxylation sites is 2. The molecule has 92 valence electrons. The quantitative estimate of drug-likeness (QED) is 0.913. The summed E-state index contributed by atoms with van der Waals surface area (Å²) in [6.07, 6.45) is -0.0827. The van der Waals surface area contributed by atoms with E-state index < -0.39 is 5.97 Å². The molecule has 2 aromatic carbocycles. The SMILES string of the molecule is O=C(O)Cc1ccccc1Oc1ccccc1Cl. The van der Waals surface area contributed by atoms with E-state index in [9.17, 15) is 4.79 Å². The third kappa shape index (κ3) is 3.02. The fourth-order valence-electron chi connectivity index (χ4n) is 1.56. The molecule has 4 heteroatoms. The van der Waals surface area contributed by atoms with Gasteiger partial charge in [-0.15, -0.1) is 0 Å². The predicted molar refractivity (Wildman–Crippen MR) is 69.3 cm³/mol. The summed E-state index contributed by atoms with van der Waals surface area (Å²) in [6.45, 7) is 0. The van der Waals surface area contributed by atoms with Gasteiger partial charge in [0.05, 0.1) is 11.4 Å². The predicted octanol–water partition coefficient (Wildman–Crippen LogP) is 3.76. The molecule has 18 heavy (non-hydrogen) atoms. The Morgan fingerprint density at radius 1 is 1.06 bits per heavy atom. The summed E-state index contributed by atoms with van der Waals surface area (Å²) >= 11 is 5.99. The summed E-state index contributed by atoms with van der Waals surface area (Å²) in [5.74, 6) is 0.121. The van der Waals surface area contributed by atoms with Crippen LogP contribution in [0, 0.1) is 0 Å². The molecule has 0 radical (unpaired) electrons. The highest BCUT2D eigenvalue weighted by Gasteiger charge is 2.09. The molecule has 0 saturated heterocycles. The van der Waals surface area contributed by atoms with Crippen LogP contribution in [-0.4, -0.2) is 11.1 Å². The standard InChI is InChI=1S/C14H11ClO3/c15-11-6-2-4-8-13(11)18-12-7-3-1-5-10(12)9-14(16)17/h1-8H,9H2,(H,16,17). The number of aliphatic carboxylic acids is 1. The average molecular weight is 263 g/mol. The van der Waals surface area contributed by atoms with Crippen molar-refractivity contribution in [1.82, 2.24) is 0 Å². The van der Waals surface area contributed by atoms with Crippen molar-refractivity contribution in [3.05, 3.63) is 59.1 Å². The lowest BCUT2D eigenvalue weighted by molar-refractivity contribution is -0.136. The second kappa shape index (κ2) is 5.56. The topological polar surface area (TPSA) is 46.5 Å². The summed E-state index contributed by atoms with van der Waals surface area (Å²) in [5, 5.41) is 9.32. The molecule has 0 spiro atoms. The Morgan fingerprint density at radius 2 is 1.67 bits per heavy atom. The minimum Gasteiger partial charge on any atom is -0.481 e. The molecule has 0 bridgehead atoms. The molecule has 0 fully saturated rings. The van der Waals surface area contributed by atoms with Crippen molar-refractivity contribution in [2.45, 2.75) is 6.42 Å². The number of ether oxygens (including phenoxy) is 1. The zero-order chi connectivity index (χ0) is 13.0. The van der Waals surface area contributed by atoms with Crippen LogP contribution in [0.1, 0.15) is 5.56 Å². The van der Waals surface area contributed by atoms with E-state index in [1.165, 1.54) is 0 Å². The van der Waals surface area contributed by atoms with Crippen LogP contribution in [0.15, 0.2) is 48.5 Å². The number of halogens is 1. The lowest BCUT2D eigenvalue weighted by Gasteiger charge is -2.10. The van der Waals surface area contributed by atoms with Gasteiger partial charge < -0.3 is 9.84 Å². The minimum atomic E-state index is -0.898. The molecule has 0 aliphatic carbocycles. The molecule has 0 heterocycles. The Kier molecular flexibility index (Phi) is 3.85. The summed E-state index contributed by atoms with van der Waals surface area (Å²) in [7, 11) is 0. The Bertz CT molecular complexity index is 566. The summed E-state index contributed by atoms with van der Waals surface area (Å²) in [6, 6.07) is 14.1. The van der Waals surface area contributed by atoms with Crippen molar-refractivity contribution in [3.63, 3.8) is 0 Å². The third-order valence-electron chi connectivity index (χ3n) is 2.37. The van der Waals surface area contributed by atoms with Crippen LogP contribution in [-0.2, 0) is 11.2 Å². The first-order valence-electron chi connectivity index (χ1n) is 5.39. The van der Waals surface area contributed by atoms with Crippen LogP contribution in [0.25, 0.3) is 0 Å². The van der Waals surface area contributed by atoms with Gasteiger partial charge in [0, 0.05) is 5.56 Å². The molecule has 0 saturated carbocycles. The van der Waals surface area contributed by atoms with Gasteiger partial charge in [0.2, 0.25) is 0 Å². The fraction of sp³-hybridized carbons (Fsp3) is 0.0714. The second-order valence-corrected chi connectivity index (χ2v) is 4.12. The first-order chi connectivity index (χ1) is 8.66. The fourth-order valence-corrected chi connectivity index (χ4v) is 1.73. The number of carbonyl (C=O) groups is 1. The molecule has 1 N–H and O–H groups in total. The third-order valence-corrected chi connectivity index (χ3v) is 2.68. The number of hydrogen-bond donors (Lipinski definition) is 1. The van der Waals surface area contributed by atoms with E-state index in [0.717, 1.165) is 0 Å².